The first-order chi connectivity index (χ1) is 15.4. The Morgan fingerprint density at radius 3 is 2.34 bits per heavy atom. The quantitative estimate of drug-likeness (QED) is 0.501. The molecular formula is C25H20ClFN2O3. The van der Waals surface area contributed by atoms with E-state index in [9.17, 15) is 14.0 Å². The number of benzene rings is 3. The number of nitrogens with zero attached hydrogens (tertiary/aromatic N) is 2. The number of hydrogen-bond donors (Lipinski definition) is 0. The molecule has 5 nitrogen and oxygen atoms in total. The van der Waals surface area contributed by atoms with E-state index in [1.807, 2.05) is 30.3 Å². The Morgan fingerprint density at radius 1 is 0.969 bits per heavy atom. The zero-order chi connectivity index (χ0) is 22.8. The summed E-state index contributed by atoms with van der Waals surface area (Å²) in [5.41, 5.74) is 2.11. The summed E-state index contributed by atoms with van der Waals surface area (Å²) in [5, 5.41) is -0.173. The second-order valence-corrected chi connectivity index (χ2v) is 7.72. The van der Waals surface area contributed by atoms with Gasteiger partial charge in [-0.25, -0.2) is 9.29 Å². The van der Waals surface area contributed by atoms with Crippen LogP contribution in [-0.2, 0) is 16.1 Å². The molecule has 0 N–H and O–H groups in total. The first-order valence-corrected chi connectivity index (χ1v) is 10.3. The number of para-hydroxylation sites is 1. The van der Waals surface area contributed by atoms with Crippen LogP contribution in [0.1, 0.15) is 11.1 Å². The molecule has 0 spiro atoms. The van der Waals surface area contributed by atoms with Crippen molar-refractivity contribution in [2.24, 2.45) is 0 Å². The molecule has 1 heterocycles. The third-order valence-corrected chi connectivity index (χ3v) is 5.53. The molecule has 0 fully saturated rings. The number of amides is 2. The fourth-order valence-electron chi connectivity index (χ4n) is 3.76. The highest BCUT2D eigenvalue weighted by atomic mass is 35.5. The molecular weight excluding hydrogens is 431 g/mol. The molecule has 4 rings (SSSR count). The van der Waals surface area contributed by atoms with Crippen molar-refractivity contribution >= 4 is 34.7 Å². The van der Waals surface area contributed by atoms with Gasteiger partial charge in [-0.2, -0.15) is 0 Å². The van der Waals surface area contributed by atoms with Gasteiger partial charge in [-0.05, 0) is 29.8 Å². The Bertz CT molecular complexity index is 1230. The minimum atomic E-state index is -0.631. The van der Waals surface area contributed by atoms with Gasteiger partial charge >= 0.3 is 0 Å². The molecule has 0 saturated heterocycles. The molecule has 1 aliphatic heterocycles. The second-order valence-electron chi connectivity index (χ2n) is 7.31. The fraction of sp³-hybridized carbons (Fsp3) is 0.120. The summed E-state index contributed by atoms with van der Waals surface area (Å²) >= 11 is 5.93. The largest absolute Gasteiger partial charge is 0.496 e. The maximum absolute atomic E-state index is 13.7. The number of imide groups is 1. The first kappa shape index (κ1) is 21.6. The zero-order valence-electron chi connectivity index (χ0n) is 17.5. The maximum Gasteiger partial charge on any atom is 0.282 e. The first-order valence-electron chi connectivity index (χ1n) is 9.89. The third-order valence-electron chi connectivity index (χ3n) is 5.24. The molecule has 0 atom stereocenters. The van der Waals surface area contributed by atoms with Crippen molar-refractivity contribution in [3.05, 3.63) is 100 Å². The van der Waals surface area contributed by atoms with E-state index in [2.05, 4.69) is 0 Å². The average Bonchev–Trinajstić information content (AvgIpc) is 3.06. The van der Waals surface area contributed by atoms with Crippen LogP contribution in [0.25, 0.3) is 5.57 Å². The van der Waals surface area contributed by atoms with E-state index in [4.69, 9.17) is 16.3 Å². The number of rotatable bonds is 6. The maximum atomic E-state index is 13.7. The van der Waals surface area contributed by atoms with Crippen LogP contribution in [0.3, 0.4) is 0 Å². The van der Waals surface area contributed by atoms with E-state index in [0.717, 1.165) is 16.5 Å². The number of anilines is 1. The van der Waals surface area contributed by atoms with Crippen LogP contribution in [-0.4, -0.2) is 30.9 Å². The van der Waals surface area contributed by atoms with Gasteiger partial charge in [0.05, 0.1) is 23.4 Å². The van der Waals surface area contributed by atoms with Crippen LogP contribution >= 0.6 is 11.6 Å². The predicted octanol–water partition coefficient (Wildman–Crippen LogP) is 4.90. The lowest BCUT2D eigenvalue weighted by Gasteiger charge is -2.22. The van der Waals surface area contributed by atoms with E-state index in [-0.39, 0.29) is 22.0 Å². The number of carbonyl (C=O) groups excluding carboxylic acids is 2. The summed E-state index contributed by atoms with van der Waals surface area (Å²) < 4.78 is 19.2. The minimum Gasteiger partial charge on any atom is -0.496 e. The minimum absolute atomic E-state index is 0.173. The summed E-state index contributed by atoms with van der Waals surface area (Å²) in [4.78, 5) is 29.9. The molecule has 162 valence electrons. The second kappa shape index (κ2) is 8.85. The molecule has 0 aromatic heterocycles. The van der Waals surface area contributed by atoms with E-state index in [1.54, 1.807) is 36.2 Å². The molecule has 7 heteroatoms. The van der Waals surface area contributed by atoms with Gasteiger partial charge in [0.2, 0.25) is 0 Å². The molecule has 0 bridgehead atoms. The number of halogens is 2. The predicted molar refractivity (Wildman–Crippen MR) is 122 cm³/mol. The van der Waals surface area contributed by atoms with Crippen LogP contribution in [0, 0.1) is 5.82 Å². The standard InChI is InChI=1S/C25H20ClFN2O3/c1-28(15-16-8-4-3-5-9-16)23-22(18-10-6-7-11-21(18)32-2)24(30)29(25(23)31)17-12-13-20(27)19(26)14-17/h3-14H,15H2,1-2H3. The van der Waals surface area contributed by atoms with Gasteiger partial charge in [-0.1, -0.05) is 60.1 Å². The molecule has 1 aliphatic rings. The van der Waals surface area contributed by atoms with Crippen LogP contribution in [0.2, 0.25) is 5.02 Å². The van der Waals surface area contributed by atoms with Gasteiger partial charge in [0, 0.05) is 19.2 Å². The van der Waals surface area contributed by atoms with Gasteiger partial charge in [-0.3, -0.25) is 9.59 Å². The van der Waals surface area contributed by atoms with Crippen molar-refractivity contribution in [3.8, 4) is 5.75 Å². The molecule has 0 radical (unpaired) electrons. The van der Waals surface area contributed by atoms with E-state index < -0.39 is 17.6 Å². The van der Waals surface area contributed by atoms with E-state index in [1.165, 1.54) is 19.2 Å². The molecule has 2 amide bonds. The highest BCUT2D eigenvalue weighted by Crippen LogP contribution is 2.38. The summed E-state index contributed by atoms with van der Waals surface area (Å²) in [7, 11) is 3.26. The topological polar surface area (TPSA) is 49.9 Å². The number of methoxy groups -OCH3 is 1. The van der Waals surface area contributed by atoms with Crippen LogP contribution < -0.4 is 9.64 Å². The molecule has 0 saturated carbocycles. The molecule has 3 aromatic rings. The Morgan fingerprint density at radius 2 is 1.66 bits per heavy atom. The molecule has 0 aliphatic carbocycles. The fourth-order valence-corrected chi connectivity index (χ4v) is 3.94. The Hall–Kier alpha value is -3.64. The van der Waals surface area contributed by atoms with Gasteiger partial charge < -0.3 is 9.64 Å². The summed E-state index contributed by atoms with van der Waals surface area (Å²) in [6, 6.07) is 20.4. The van der Waals surface area contributed by atoms with Crippen molar-refractivity contribution in [2.75, 3.05) is 19.1 Å². The third kappa shape index (κ3) is 3.85. The summed E-state index contributed by atoms with van der Waals surface area (Å²) in [5.74, 6) is -1.21. The monoisotopic (exact) mass is 450 g/mol. The normalized spacial score (nSPS) is 13.7. The molecule has 3 aromatic carbocycles. The van der Waals surface area contributed by atoms with Crippen molar-refractivity contribution in [1.29, 1.82) is 0 Å². The van der Waals surface area contributed by atoms with Crippen LogP contribution in [0.4, 0.5) is 10.1 Å². The Balaban J connectivity index is 1.85. The van der Waals surface area contributed by atoms with Crippen molar-refractivity contribution < 1.29 is 18.7 Å². The van der Waals surface area contributed by atoms with Crippen molar-refractivity contribution in [1.82, 2.24) is 4.90 Å². The van der Waals surface area contributed by atoms with Crippen molar-refractivity contribution in [2.45, 2.75) is 6.54 Å². The SMILES string of the molecule is COc1ccccc1C1=C(N(C)Cc2ccccc2)C(=O)N(c2ccc(F)c(Cl)c2)C1=O. The van der Waals surface area contributed by atoms with Gasteiger partial charge in [0.15, 0.2) is 0 Å². The van der Waals surface area contributed by atoms with E-state index in [0.29, 0.717) is 17.9 Å². The number of likely N-dealkylation sites (N-methyl/N-ethyl adjacent to an activating group) is 1. The van der Waals surface area contributed by atoms with E-state index >= 15 is 0 Å². The summed E-state index contributed by atoms with van der Waals surface area (Å²) in [6.07, 6.45) is 0. The number of carbonyl (C=O) groups is 2. The van der Waals surface area contributed by atoms with Crippen LogP contribution in [0.5, 0.6) is 5.75 Å². The average molecular weight is 451 g/mol. The molecule has 32 heavy (non-hydrogen) atoms. The lowest BCUT2D eigenvalue weighted by atomic mass is 10.0. The van der Waals surface area contributed by atoms with Gasteiger partial charge in [-0.15, -0.1) is 0 Å². The lowest BCUT2D eigenvalue weighted by Crippen LogP contribution is -2.34. The highest BCUT2D eigenvalue weighted by Gasteiger charge is 2.42. The number of hydrogen-bond acceptors (Lipinski definition) is 4. The van der Waals surface area contributed by atoms with Crippen molar-refractivity contribution in [3.63, 3.8) is 0 Å². The Kier molecular flexibility index (Phi) is 5.97. The molecule has 0 unspecified atom stereocenters. The summed E-state index contributed by atoms with van der Waals surface area (Å²) in [6.45, 7) is 0.409. The lowest BCUT2D eigenvalue weighted by molar-refractivity contribution is -0.120. The highest BCUT2D eigenvalue weighted by molar-refractivity contribution is 6.46. The Labute approximate surface area is 190 Å². The van der Waals surface area contributed by atoms with Gasteiger partial charge in [0.25, 0.3) is 11.8 Å². The van der Waals surface area contributed by atoms with Gasteiger partial charge in [0.1, 0.15) is 17.3 Å². The smallest absolute Gasteiger partial charge is 0.282 e. The zero-order valence-corrected chi connectivity index (χ0v) is 18.3. The number of ether oxygens (including phenoxy) is 1. The van der Waals surface area contributed by atoms with Crippen LogP contribution in [0.15, 0.2) is 78.5 Å².